The summed E-state index contributed by atoms with van der Waals surface area (Å²) >= 11 is 0. The molecule has 0 aliphatic carbocycles. The van der Waals surface area contributed by atoms with E-state index >= 15 is 0 Å². The van der Waals surface area contributed by atoms with Gasteiger partial charge in [-0.15, -0.1) is 0 Å². The highest BCUT2D eigenvalue weighted by Gasteiger charge is 2.13. The number of nitrogens with two attached hydrogens (primary N) is 1. The molecule has 0 heterocycles. The summed E-state index contributed by atoms with van der Waals surface area (Å²) in [6, 6.07) is 4.21. The molecule has 0 radical (unpaired) electrons. The molecular weight excluding hydrogens is 235 g/mol. The van der Waals surface area contributed by atoms with Crippen molar-refractivity contribution in [3.8, 4) is 5.75 Å². The minimum atomic E-state index is -3.75. The van der Waals surface area contributed by atoms with Crippen molar-refractivity contribution in [2.75, 3.05) is 14.2 Å². The van der Waals surface area contributed by atoms with Gasteiger partial charge >= 0.3 is 0 Å². The fraction of sp³-hybridized carbons (Fsp3) is 0.333. The molecule has 0 saturated heterocycles. The van der Waals surface area contributed by atoms with E-state index in [1.807, 2.05) is 0 Å². The first-order chi connectivity index (χ1) is 7.34. The molecule has 0 aliphatic heterocycles. The number of hydrogen-bond donors (Lipinski definition) is 1. The number of methoxy groups -OCH3 is 1. The SMILES string of the molecule is COc1ccc(CN(C)S(N)(=O)=O)cc1F. The average molecular weight is 248 g/mol. The molecule has 0 amide bonds. The Morgan fingerprint density at radius 3 is 2.56 bits per heavy atom. The monoisotopic (exact) mass is 248 g/mol. The first kappa shape index (κ1) is 12.9. The largest absolute Gasteiger partial charge is 0.494 e. The van der Waals surface area contributed by atoms with Crippen LogP contribution in [0.2, 0.25) is 0 Å². The average Bonchev–Trinajstić information content (AvgIpc) is 2.16. The van der Waals surface area contributed by atoms with Gasteiger partial charge < -0.3 is 4.74 Å². The molecule has 0 aliphatic rings. The van der Waals surface area contributed by atoms with Crippen molar-refractivity contribution in [1.82, 2.24) is 4.31 Å². The third-order valence-electron chi connectivity index (χ3n) is 2.06. The van der Waals surface area contributed by atoms with Crippen LogP contribution in [0.5, 0.6) is 5.75 Å². The van der Waals surface area contributed by atoms with Crippen LogP contribution in [-0.4, -0.2) is 26.9 Å². The van der Waals surface area contributed by atoms with Crippen LogP contribution in [0.3, 0.4) is 0 Å². The minimum absolute atomic E-state index is 0.0136. The Balaban J connectivity index is 2.88. The zero-order valence-electron chi connectivity index (χ0n) is 8.97. The number of hydrogen-bond acceptors (Lipinski definition) is 3. The fourth-order valence-electron chi connectivity index (χ4n) is 1.16. The first-order valence-corrected chi connectivity index (χ1v) is 5.91. The molecule has 0 atom stereocenters. The minimum Gasteiger partial charge on any atom is -0.494 e. The summed E-state index contributed by atoms with van der Waals surface area (Å²) in [4.78, 5) is 0. The number of nitrogens with zero attached hydrogens (tertiary/aromatic N) is 1. The molecule has 5 nitrogen and oxygen atoms in total. The van der Waals surface area contributed by atoms with E-state index in [0.717, 1.165) is 4.31 Å². The normalized spacial score (nSPS) is 11.8. The van der Waals surface area contributed by atoms with Gasteiger partial charge in [0.1, 0.15) is 0 Å². The van der Waals surface area contributed by atoms with Gasteiger partial charge in [-0.25, -0.2) is 9.53 Å². The van der Waals surface area contributed by atoms with Crippen LogP contribution in [0.1, 0.15) is 5.56 Å². The summed E-state index contributed by atoms with van der Waals surface area (Å²) in [7, 11) is -1.08. The van der Waals surface area contributed by atoms with E-state index in [1.54, 1.807) is 6.07 Å². The molecule has 0 bridgehead atoms. The molecule has 0 fully saturated rings. The molecule has 0 unspecified atom stereocenters. The predicted octanol–water partition coefficient (Wildman–Crippen LogP) is 0.470. The molecule has 16 heavy (non-hydrogen) atoms. The molecule has 0 aromatic heterocycles. The Morgan fingerprint density at radius 2 is 2.12 bits per heavy atom. The van der Waals surface area contributed by atoms with E-state index in [2.05, 4.69) is 0 Å². The molecule has 1 rings (SSSR count). The van der Waals surface area contributed by atoms with Gasteiger partial charge in [-0.3, -0.25) is 0 Å². The van der Waals surface area contributed by atoms with Crippen molar-refractivity contribution >= 4 is 10.2 Å². The third kappa shape index (κ3) is 3.16. The van der Waals surface area contributed by atoms with E-state index in [0.29, 0.717) is 5.56 Å². The van der Waals surface area contributed by atoms with E-state index in [9.17, 15) is 12.8 Å². The molecule has 7 heteroatoms. The number of ether oxygens (including phenoxy) is 1. The summed E-state index contributed by atoms with van der Waals surface area (Å²) in [6.45, 7) is 0.0136. The van der Waals surface area contributed by atoms with Gasteiger partial charge in [0, 0.05) is 13.6 Å². The highest BCUT2D eigenvalue weighted by Crippen LogP contribution is 2.18. The smallest absolute Gasteiger partial charge is 0.276 e. The Labute approximate surface area is 93.8 Å². The fourth-order valence-corrected chi connectivity index (χ4v) is 1.48. The van der Waals surface area contributed by atoms with Gasteiger partial charge in [-0.1, -0.05) is 6.07 Å². The second kappa shape index (κ2) is 4.77. The predicted molar refractivity (Wildman–Crippen MR) is 57.5 cm³/mol. The Bertz CT molecular complexity index is 476. The van der Waals surface area contributed by atoms with Crippen LogP contribution in [0, 0.1) is 5.82 Å². The summed E-state index contributed by atoms with van der Waals surface area (Å²) < 4.78 is 40.8. The highest BCUT2D eigenvalue weighted by molar-refractivity contribution is 7.86. The van der Waals surface area contributed by atoms with Crippen molar-refractivity contribution in [2.24, 2.45) is 5.14 Å². The Hall–Kier alpha value is -1.18. The van der Waals surface area contributed by atoms with Crippen LogP contribution in [0.15, 0.2) is 18.2 Å². The number of halogens is 1. The zero-order chi connectivity index (χ0) is 12.3. The van der Waals surface area contributed by atoms with Gasteiger partial charge in [-0.05, 0) is 17.7 Å². The standard InChI is InChI=1S/C9H13FN2O3S/c1-12(16(11,13)14)6-7-3-4-9(15-2)8(10)5-7/h3-5H,6H2,1-2H3,(H2,11,13,14). The van der Waals surface area contributed by atoms with Gasteiger partial charge in [0.2, 0.25) is 0 Å². The first-order valence-electron chi connectivity index (χ1n) is 4.41. The lowest BCUT2D eigenvalue weighted by atomic mass is 10.2. The Morgan fingerprint density at radius 1 is 1.50 bits per heavy atom. The van der Waals surface area contributed by atoms with E-state index in [-0.39, 0.29) is 12.3 Å². The lowest BCUT2D eigenvalue weighted by Crippen LogP contribution is -2.32. The van der Waals surface area contributed by atoms with E-state index in [1.165, 1.54) is 26.3 Å². The van der Waals surface area contributed by atoms with E-state index < -0.39 is 16.0 Å². The van der Waals surface area contributed by atoms with E-state index in [4.69, 9.17) is 9.88 Å². The van der Waals surface area contributed by atoms with Crippen molar-refractivity contribution in [3.05, 3.63) is 29.6 Å². The van der Waals surface area contributed by atoms with Gasteiger partial charge in [0.05, 0.1) is 7.11 Å². The van der Waals surface area contributed by atoms with Gasteiger partial charge in [0.15, 0.2) is 11.6 Å². The molecular formula is C9H13FN2O3S. The second-order valence-corrected chi connectivity index (χ2v) is 4.92. The maximum Gasteiger partial charge on any atom is 0.276 e. The summed E-state index contributed by atoms with van der Waals surface area (Å²) in [5.74, 6) is -0.426. The van der Waals surface area contributed by atoms with Crippen molar-refractivity contribution in [2.45, 2.75) is 6.54 Å². The third-order valence-corrected chi connectivity index (χ3v) is 3.05. The lowest BCUT2D eigenvalue weighted by Gasteiger charge is -2.13. The second-order valence-electron chi connectivity index (χ2n) is 3.27. The summed E-state index contributed by atoms with van der Waals surface area (Å²) in [6.07, 6.45) is 0. The maximum absolute atomic E-state index is 13.3. The van der Waals surface area contributed by atoms with Crippen molar-refractivity contribution in [1.29, 1.82) is 0 Å². The molecule has 90 valence electrons. The highest BCUT2D eigenvalue weighted by atomic mass is 32.2. The van der Waals surface area contributed by atoms with Crippen LogP contribution < -0.4 is 9.88 Å². The van der Waals surface area contributed by atoms with Crippen LogP contribution >= 0.6 is 0 Å². The van der Waals surface area contributed by atoms with Crippen molar-refractivity contribution < 1.29 is 17.5 Å². The van der Waals surface area contributed by atoms with Crippen LogP contribution in [0.25, 0.3) is 0 Å². The topological polar surface area (TPSA) is 72.6 Å². The van der Waals surface area contributed by atoms with Crippen LogP contribution in [-0.2, 0) is 16.8 Å². The van der Waals surface area contributed by atoms with Crippen molar-refractivity contribution in [3.63, 3.8) is 0 Å². The zero-order valence-corrected chi connectivity index (χ0v) is 9.79. The lowest BCUT2D eigenvalue weighted by molar-refractivity contribution is 0.385. The Kier molecular flexibility index (Phi) is 3.84. The molecule has 0 spiro atoms. The number of benzene rings is 1. The number of rotatable bonds is 4. The summed E-state index contributed by atoms with van der Waals surface area (Å²) in [5.41, 5.74) is 0.495. The maximum atomic E-state index is 13.3. The van der Waals surface area contributed by atoms with Gasteiger partial charge in [0.25, 0.3) is 10.2 Å². The van der Waals surface area contributed by atoms with Gasteiger partial charge in [-0.2, -0.15) is 12.7 Å². The molecule has 0 saturated carbocycles. The molecule has 2 N–H and O–H groups in total. The summed E-state index contributed by atoms with van der Waals surface area (Å²) in [5, 5.41) is 4.90. The molecule has 1 aromatic carbocycles. The molecule has 1 aromatic rings. The quantitative estimate of drug-likeness (QED) is 0.841. The van der Waals surface area contributed by atoms with Crippen LogP contribution in [0.4, 0.5) is 4.39 Å².